The van der Waals surface area contributed by atoms with Gasteiger partial charge in [-0.05, 0) is 48.5 Å². The Morgan fingerprint density at radius 3 is 2.36 bits per heavy atom. The lowest BCUT2D eigenvalue weighted by Crippen LogP contribution is -2.17. The number of benzene rings is 2. The molecule has 0 saturated carbocycles. The van der Waals surface area contributed by atoms with Gasteiger partial charge in [0, 0.05) is 11.6 Å². The van der Waals surface area contributed by atoms with Gasteiger partial charge in [-0.3, -0.25) is 9.71 Å². The highest BCUT2D eigenvalue weighted by Gasteiger charge is 2.31. The monoisotopic (exact) mass is 368 g/mol. The molecule has 0 aliphatic carbocycles. The van der Waals surface area contributed by atoms with Crippen LogP contribution in [0.1, 0.15) is 0 Å². The van der Waals surface area contributed by atoms with E-state index in [1.165, 1.54) is 0 Å². The average molecular weight is 368 g/mol. The quantitative estimate of drug-likeness (QED) is 0.758. The topological polar surface area (TPSA) is 68.3 Å². The molecule has 0 fully saturated rings. The Kier molecular flexibility index (Phi) is 4.25. The van der Waals surface area contributed by atoms with E-state index in [4.69, 9.17) is 0 Å². The lowest BCUT2D eigenvalue weighted by molar-refractivity contribution is -0.274. The number of ether oxygens (including phenoxy) is 1. The summed E-state index contributed by atoms with van der Waals surface area (Å²) in [5, 5.41) is 0.602. The molecule has 1 heterocycles. The number of rotatable bonds is 4. The molecule has 2 aromatic carbocycles. The van der Waals surface area contributed by atoms with Crippen molar-refractivity contribution in [2.45, 2.75) is 11.3 Å². The molecular weight excluding hydrogens is 357 g/mol. The fourth-order valence-corrected chi connectivity index (χ4v) is 3.30. The van der Waals surface area contributed by atoms with Gasteiger partial charge in [-0.25, -0.2) is 8.42 Å². The van der Waals surface area contributed by atoms with Crippen LogP contribution in [0.25, 0.3) is 10.9 Å². The van der Waals surface area contributed by atoms with Crippen LogP contribution < -0.4 is 9.46 Å². The minimum Gasteiger partial charge on any atom is -0.406 e. The predicted molar refractivity (Wildman–Crippen MR) is 85.7 cm³/mol. The summed E-state index contributed by atoms with van der Waals surface area (Å²) in [6, 6.07) is 12.3. The third kappa shape index (κ3) is 4.00. The molecule has 0 aliphatic rings. The Morgan fingerprint density at radius 1 is 0.960 bits per heavy atom. The van der Waals surface area contributed by atoms with Gasteiger partial charge in [-0.15, -0.1) is 13.2 Å². The molecular formula is C16H11F3N2O3S. The van der Waals surface area contributed by atoms with Crippen molar-refractivity contribution in [3.05, 3.63) is 60.8 Å². The Bertz CT molecular complexity index is 998. The number of hydrogen-bond donors (Lipinski definition) is 1. The van der Waals surface area contributed by atoms with E-state index in [1.54, 1.807) is 36.5 Å². The fraction of sp³-hybridized carbons (Fsp3) is 0.0625. The summed E-state index contributed by atoms with van der Waals surface area (Å²) in [4.78, 5) is 3.94. The smallest absolute Gasteiger partial charge is 0.406 e. The minimum atomic E-state index is -4.84. The molecule has 0 saturated heterocycles. The van der Waals surface area contributed by atoms with E-state index < -0.39 is 22.1 Å². The van der Waals surface area contributed by atoms with Gasteiger partial charge < -0.3 is 4.74 Å². The molecule has 0 unspecified atom stereocenters. The van der Waals surface area contributed by atoms with Crippen molar-refractivity contribution >= 4 is 26.6 Å². The number of sulfonamides is 1. The summed E-state index contributed by atoms with van der Waals surface area (Å²) in [7, 11) is -3.98. The Hall–Kier alpha value is -2.81. The number of hydrogen-bond acceptors (Lipinski definition) is 4. The number of anilines is 1. The third-order valence-electron chi connectivity index (χ3n) is 3.26. The van der Waals surface area contributed by atoms with Gasteiger partial charge in [-0.1, -0.05) is 6.07 Å². The maximum atomic E-state index is 12.4. The summed E-state index contributed by atoms with van der Waals surface area (Å²) in [5.74, 6) is -0.499. The van der Waals surface area contributed by atoms with Crippen molar-refractivity contribution in [2.75, 3.05) is 4.72 Å². The molecule has 0 radical (unpaired) electrons. The van der Waals surface area contributed by atoms with E-state index in [0.717, 1.165) is 24.3 Å². The fourth-order valence-electron chi connectivity index (χ4n) is 2.22. The largest absolute Gasteiger partial charge is 0.573 e. The number of pyridine rings is 1. The molecule has 130 valence electrons. The third-order valence-corrected chi connectivity index (χ3v) is 4.64. The minimum absolute atomic E-state index is 0.192. The lowest BCUT2D eigenvalue weighted by atomic mass is 10.2. The van der Waals surface area contributed by atoms with E-state index in [1.807, 2.05) is 0 Å². The van der Waals surface area contributed by atoms with Gasteiger partial charge in [0.1, 0.15) is 5.75 Å². The number of fused-ring (bicyclic) bond motifs is 1. The van der Waals surface area contributed by atoms with Gasteiger partial charge >= 0.3 is 6.36 Å². The van der Waals surface area contributed by atoms with Crippen LogP contribution in [0.2, 0.25) is 0 Å². The maximum absolute atomic E-state index is 12.4. The van der Waals surface area contributed by atoms with E-state index in [2.05, 4.69) is 14.4 Å². The first-order valence-corrected chi connectivity index (χ1v) is 8.45. The normalized spacial score (nSPS) is 12.1. The van der Waals surface area contributed by atoms with Crippen LogP contribution in [0.5, 0.6) is 5.75 Å². The van der Waals surface area contributed by atoms with E-state index >= 15 is 0 Å². The maximum Gasteiger partial charge on any atom is 0.573 e. The van der Waals surface area contributed by atoms with Crippen LogP contribution in [-0.4, -0.2) is 19.8 Å². The number of nitrogens with zero attached hydrogens (tertiary/aromatic N) is 1. The van der Waals surface area contributed by atoms with E-state index in [-0.39, 0.29) is 4.90 Å². The number of aromatic nitrogens is 1. The van der Waals surface area contributed by atoms with Crippen LogP contribution >= 0.6 is 0 Å². The average Bonchev–Trinajstić information content (AvgIpc) is 2.54. The van der Waals surface area contributed by atoms with E-state index in [0.29, 0.717) is 16.6 Å². The number of alkyl halides is 3. The van der Waals surface area contributed by atoms with Crippen molar-refractivity contribution < 1.29 is 26.3 Å². The van der Waals surface area contributed by atoms with Crippen LogP contribution in [0.3, 0.4) is 0 Å². The molecule has 0 atom stereocenters. The van der Waals surface area contributed by atoms with Gasteiger partial charge in [0.15, 0.2) is 0 Å². The van der Waals surface area contributed by atoms with E-state index in [9.17, 15) is 21.6 Å². The molecule has 1 aromatic heterocycles. The highest BCUT2D eigenvalue weighted by Crippen LogP contribution is 2.27. The molecule has 0 spiro atoms. The molecule has 1 N–H and O–H groups in total. The second kappa shape index (κ2) is 6.25. The van der Waals surface area contributed by atoms with Gasteiger partial charge in [0.05, 0.1) is 16.1 Å². The highest BCUT2D eigenvalue weighted by atomic mass is 32.2. The Balaban J connectivity index is 1.89. The molecule has 9 heteroatoms. The highest BCUT2D eigenvalue weighted by molar-refractivity contribution is 7.92. The number of halogens is 3. The second-order valence-corrected chi connectivity index (χ2v) is 6.68. The van der Waals surface area contributed by atoms with Gasteiger partial charge in [0.25, 0.3) is 10.0 Å². The zero-order chi connectivity index (χ0) is 18.1. The van der Waals surface area contributed by atoms with Crippen LogP contribution in [0, 0.1) is 0 Å². The summed E-state index contributed by atoms with van der Waals surface area (Å²) in [6.07, 6.45) is -3.26. The van der Waals surface area contributed by atoms with Crippen LogP contribution in [0.15, 0.2) is 65.7 Å². The molecule has 3 aromatic rings. The standard InChI is InChI=1S/C16H11F3N2O3S/c17-16(18,19)24-11-6-8-12(9-7-11)25(22,23)21-15-5-1-4-14-13(15)3-2-10-20-14/h1-10,21H. The summed E-state index contributed by atoms with van der Waals surface area (Å²) in [6.45, 7) is 0. The molecule has 0 amide bonds. The van der Waals surface area contributed by atoms with Gasteiger partial charge in [0.2, 0.25) is 0 Å². The van der Waals surface area contributed by atoms with Crippen molar-refractivity contribution in [3.63, 3.8) is 0 Å². The van der Waals surface area contributed by atoms with Crippen molar-refractivity contribution in [3.8, 4) is 5.75 Å². The molecule has 25 heavy (non-hydrogen) atoms. The predicted octanol–water partition coefficient (Wildman–Crippen LogP) is 3.93. The molecule has 0 bridgehead atoms. The first-order valence-electron chi connectivity index (χ1n) is 6.97. The number of nitrogens with one attached hydrogen (secondary N) is 1. The van der Waals surface area contributed by atoms with Crippen molar-refractivity contribution in [2.24, 2.45) is 0 Å². The zero-order valence-corrected chi connectivity index (χ0v) is 13.3. The summed E-state index contributed by atoms with van der Waals surface area (Å²) >= 11 is 0. The second-order valence-electron chi connectivity index (χ2n) is 5.00. The van der Waals surface area contributed by atoms with Gasteiger partial charge in [-0.2, -0.15) is 0 Å². The first kappa shape index (κ1) is 17.0. The van der Waals surface area contributed by atoms with Crippen molar-refractivity contribution in [1.29, 1.82) is 0 Å². The molecule has 3 rings (SSSR count). The molecule has 5 nitrogen and oxygen atoms in total. The lowest BCUT2D eigenvalue weighted by Gasteiger charge is -2.12. The SMILES string of the molecule is O=S(=O)(Nc1cccc2ncccc12)c1ccc(OC(F)(F)F)cc1. The van der Waals surface area contributed by atoms with Crippen LogP contribution in [-0.2, 0) is 10.0 Å². The van der Waals surface area contributed by atoms with Crippen molar-refractivity contribution in [1.82, 2.24) is 4.98 Å². The Labute approximate surface area is 141 Å². The summed E-state index contributed by atoms with van der Waals surface area (Å²) < 4.78 is 67.5. The zero-order valence-electron chi connectivity index (χ0n) is 12.5. The molecule has 0 aliphatic heterocycles. The first-order chi connectivity index (χ1) is 11.7. The van der Waals surface area contributed by atoms with Crippen LogP contribution in [0.4, 0.5) is 18.9 Å². The Morgan fingerprint density at radius 2 is 1.68 bits per heavy atom. The summed E-state index contributed by atoms with van der Waals surface area (Å²) in [5.41, 5.74) is 0.929.